The summed E-state index contributed by atoms with van der Waals surface area (Å²) in [6.07, 6.45) is 3.28. The SMILES string of the molecule is COC(=O)N1c2ccccc2[C@@]23C4CN5CCC[C@@](CC[C@]12C(=O)OC)(CC4=O)[C@@H]53. The van der Waals surface area contributed by atoms with E-state index in [-0.39, 0.29) is 23.2 Å². The molecule has 1 amide bonds. The van der Waals surface area contributed by atoms with Gasteiger partial charge in [0.1, 0.15) is 5.78 Å². The van der Waals surface area contributed by atoms with Crippen molar-refractivity contribution in [1.82, 2.24) is 4.90 Å². The Morgan fingerprint density at radius 3 is 2.67 bits per heavy atom. The normalized spacial score (nSPS) is 40.6. The van der Waals surface area contributed by atoms with E-state index in [1.54, 1.807) is 0 Å². The fraction of sp³-hybridized carbons (Fsp3) is 0.609. The maximum atomic E-state index is 13.7. The lowest BCUT2D eigenvalue weighted by Crippen LogP contribution is -2.78. The van der Waals surface area contributed by atoms with Gasteiger partial charge in [0.2, 0.25) is 0 Å². The molecule has 1 aromatic carbocycles. The minimum atomic E-state index is -1.26. The van der Waals surface area contributed by atoms with E-state index in [9.17, 15) is 14.4 Å². The van der Waals surface area contributed by atoms with Gasteiger partial charge in [-0.15, -0.1) is 0 Å². The Kier molecular flexibility index (Phi) is 3.45. The molecule has 2 saturated carbocycles. The Balaban J connectivity index is 1.74. The minimum absolute atomic E-state index is 0.0464. The highest BCUT2D eigenvalue weighted by atomic mass is 16.5. The zero-order valence-corrected chi connectivity index (χ0v) is 17.3. The van der Waals surface area contributed by atoms with E-state index in [1.807, 2.05) is 24.3 Å². The number of fused-ring (bicyclic) bond motifs is 1. The van der Waals surface area contributed by atoms with Crippen molar-refractivity contribution < 1.29 is 23.9 Å². The van der Waals surface area contributed by atoms with Gasteiger partial charge in [0.15, 0.2) is 5.54 Å². The van der Waals surface area contributed by atoms with Gasteiger partial charge in [-0.3, -0.25) is 14.6 Å². The van der Waals surface area contributed by atoms with Gasteiger partial charge in [0.25, 0.3) is 0 Å². The number of amides is 1. The number of ether oxygens (including phenoxy) is 2. The molecule has 7 heteroatoms. The summed E-state index contributed by atoms with van der Waals surface area (Å²) in [4.78, 5) is 44.5. The van der Waals surface area contributed by atoms with Gasteiger partial charge in [-0.05, 0) is 49.3 Å². The highest BCUT2D eigenvalue weighted by Gasteiger charge is 2.84. The first kappa shape index (κ1) is 18.4. The van der Waals surface area contributed by atoms with Crippen molar-refractivity contribution in [3.8, 4) is 0 Å². The lowest BCUT2D eigenvalue weighted by Gasteiger charge is -2.64. The molecule has 1 aromatic rings. The van der Waals surface area contributed by atoms with Gasteiger partial charge in [-0.2, -0.15) is 0 Å². The van der Waals surface area contributed by atoms with Crippen LogP contribution in [-0.2, 0) is 24.5 Å². The topological polar surface area (TPSA) is 76.2 Å². The second-order valence-electron chi connectivity index (χ2n) is 9.60. The smallest absolute Gasteiger partial charge is 0.415 e. The molecule has 0 N–H and O–H groups in total. The van der Waals surface area contributed by atoms with E-state index in [4.69, 9.17) is 9.47 Å². The number of carbonyl (C=O) groups excluding carboxylic acids is 3. The number of para-hydroxylation sites is 1. The Morgan fingerprint density at radius 2 is 1.90 bits per heavy atom. The number of ketones is 1. The van der Waals surface area contributed by atoms with Crippen molar-refractivity contribution >= 4 is 23.5 Å². The van der Waals surface area contributed by atoms with E-state index in [0.29, 0.717) is 25.1 Å². The number of Topliss-reactive ketones (excluding diaryl/α,β-unsaturated/α-hetero) is 1. The maximum absolute atomic E-state index is 13.7. The first-order valence-electron chi connectivity index (χ1n) is 10.8. The largest absolute Gasteiger partial charge is 0.467 e. The molecule has 5 atom stereocenters. The highest BCUT2D eigenvalue weighted by molar-refractivity contribution is 6.07. The zero-order chi connectivity index (χ0) is 20.9. The third-order valence-electron chi connectivity index (χ3n) is 8.90. The summed E-state index contributed by atoms with van der Waals surface area (Å²) < 4.78 is 10.6. The molecule has 3 aliphatic heterocycles. The molecule has 30 heavy (non-hydrogen) atoms. The Hall–Kier alpha value is -2.41. The summed E-state index contributed by atoms with van der Waals surface area (Å²) in [6.45, 7) is 1.57. The van der Waals surface area contributed by atoms with Crippen molar-refractivity contribution in [2.45, 2.75) is 49.1 Å². The van der Waals surface area contributed by atoms with Gasteiger partial charge in [0, 0.05) is 24.9 Å². The summed E-state index contributed by atoms with van der Waals surface area (Å²) in [5.74, 6) is -0.543. The van der Waals surface area contributed by atoms with E-state index in [0.717, 1.165) is 31.4 Å². The van der Waals surface area contributed by atoms with E-state index in [2.05, 4.69) is 4.90 Å². The number of hydrogen-bond acceptors (Lipinski definition) is 6. The molecule has 158 valence electrons. The van der Waals surface area contributed by atoms with Crippen LogP contribution in [-0.4, -0.2) is 61.6 Å². The minimum Gasteiger partial charge on any atom is -0.467 e. The zero-order valence-electron chi connectivity index (χ0n) is 17.3. The summed E-state index contributed by atoms with van der Waals surface area (Å²) in [5, 5.41) is 0. The average Bonchev–Trinajstić information content (AvgIpc) is 3.23. The standard InChI is InChI=1S/C23H26N2O5/c1-29-19(27)22-10-9-21-8-5-11-24-13-15(17(26)12-21)23(22,18(21)24)14-6-3-4-7-16(14)25(22)20(28)30-2/h3-4,6-7,15,18H,5,8-13H2,1-2H3/t15?,18-,21-,22-,23+/m1/s1. The number of carbonyl (C=O) groups is 3. The quantitative estimate of drug-likeness (QED) is 0.661. The van der Waals surface area contributed by atoms with Crippen LogP contribution < -0.4 is 4.90 Å². The van der Waals surface area contributed by atoms with Crippen LogP contribution in [0.1, 0.15) is 37.7 Å². The Bertz CT molecular complexity index is 994. The Morgan fingerprint density at radius 1 is 1.10 bits per heavy atom. The molecule has 6 rings (SSSR count). The predicted octanol–water partition coefficient (Wildman–Crippen LogP) is 2.27. The lowest BCUT2D eigenvalue weighted by atomic mass is 9.41. The van der Waals surface area contributed by atoms with Gasteiger partial charge in [-0.25, -0.2) is 9.59 Å². The van der Waals surface area contributed by atoms with Crippen LogP contribution in [0.3, 0.4) is 0 Å². The number of methoxy groups -OCH3 is 2. The third-order valence-corrected chi connectivity index (χ3v) is 8.90. The number of hydrogen-bond donors (Lipinski definition) is 0. The number of benzene rings is 1. The molecule has 1 unspecified atom stereocenters. The molecule has 2 saturated heterocycles. The summed E-state index contributed by atoms with van der Waals surface area (Å²) in [5.41, 5.74) is -0.590. The summed E-state index contributed by atoms with van der Waals surface area (Å²) in [6, 6.07) is 7.75. The third kappa shape index (κ3) is 1.66. The van der Waals surface area contributed by atoms with E-state index >= 15 is 0 Å². The van der Waals surface area contributed by atoms with Crippen molar-refractivity contribution in [3.63, 3.8) is 0 Å². The molecule has 4 bridgehead atoms. The number of rotatable bonds is 1. The van der Waals surface area contributed by atoms with Gasteiger partial charge >= 0.3 is 12.1 Å². The van der Waals surface area contributed by atoms with Crippen molar-refractivity contribution in [1.29, 1.82) is 0 Å². The predicted molar refractivity (Wildman–Crippen MR) is 107 cm³/mol. The lowest BCUT2D eigenvalue weighted by molar-refractivity contribution is -0.166. The van der Waals surface area contributed by atoms with Crippen molar-refractivity contribution in [3.05, 3.63) is 29.8 Å². The molecule has 0 aromatic heterocycles. The van der Waals surface area contributed by atoms with Crippen molar-refractivity contribution in [2.24, 2.45) is 11.3 Å². The molecule has 0 radical (unpaired) electrons. The number of esters is 1. The first-order valence-corrected chi connectivity index (χ1v) is 10.8. The molecular weight excluding hydrogens is 384 g/mol. The molecule has 7 nitrogen and oxygen atoms in total. The van der Waals surface area contributed by atoms with Gasteiger partial charge in [0.05, 0.1) is 25.3 Å². The van der Waals surface area contributed by atoms with Crippen LogP contribution in [0.15, 0.2) is 24.3 Å². The second kappa shape index (κ2) is 5.63. The van der Waals surface area contributed by atoms with Gasteiger partial charge in [-0.1, -0.05) is 18.2 Å². The number of piperidine rings is 1. The fourth-order valence-corrected chi connectivity index (χ4v) is 8.29. The van der Waals surface area contributed by atoms with Crippen LogP contribution >= 0.6 is 0 Å². The summed E-state index contributed by atoms with van der Waals surface area (Å²) in [7, 11) is 2.71. The summed E-state index contributed by atoms with van der Waals surface area (Å²) >= 11 is 0. The Labute approximate surface area is 175 Å². The van der Waals surface area contributed by atoms with Crippen LogP contribution in [0.5, 0.6) is 0 Å². The van der Waals surface area contributed by atoms with Gasteiger partial charge < -0.3 is 9.47 Å². The molecule has 4 fully saturated rings. The second-order valence-corrected chi connectivity index (χ2v) is 9.60. The van der Waals surface area contributed by atoms with E-state index in [1.165, 1.54) is 19.1 Å². The first-order chi connectivity index (χ1) is 14.5. The molecular formula is C23H26N2O5. The molecule has 2 aliphatic carbocycles. The van der Waals surface area contributed by atoms with E-state index < -0.39 is 23.0 Å². The molecule has 5 aliphatic rings. The molecule has 3 heterocycles. The fourth-order valence-electron chi connectivity index (χ4n) is 8.29. The maximum Gasteiger partial charge on any atom is 0.415 e. The van der Waals surface area contributed by atoms with Crippen molar-refractivity contribution in [2.75, 3.05) is 32.2 Å². The monoisotopic (exact) mass is 410 g/mol. The van der Waals surface area contributed by atoms with Crippen LogP contribution in [0.2, 0.25) is 0 Å². The molecule has 1 spiro atoms. The highest BCUT2D eigenvalue weighted by Crippen LogP contribution is 2.73. The van der Waals surface area contributed by atoms with Crippen LogP contribution in [0.4, 0.5) is 10.5 Å². The number of nitrogens with zero attached hydrogens (tertiary/aromatic N) is 2. The van der Waals surface area contributed by atoms with Crippen LogP contribution in [0, 0.1) is 11.3 Å². The van der Waals surface area contributed by atoms with Crippen LogP contribution in [0.25, 0.3) is 0 Å². The number of anilines is 1. The average molecular weight is 410 g/mol.